The second kappa shape index (κ2) is 5.53. The predicted octanol–water partition coefficient (Wildman–Crippen LogP) is 2.55. The molecule has 2 N–H and O–H groups in total. The van der Waals surface area contributed by atoms with Gasteiger partial charge in [0.05, 0.1) is 0 Å². The largest absolute Gasteiger partial charge is 0.333 e. The third kappa shape index (κ3) is 2.56. The van der Waals surface area contributed by atoms with Gasteiger partial charge in [-0.3, -0.25) is 4.79 Å². The Balaban J connectivity index is 2.23. The van der Waals surface area contributed by atoms with E-state index in [4.69, 9.17) is 5.73 Å². The SMILES string of the molecule is C[C@@H]1CCC[C@H](C)N1C(=O)c1cccc(CN)c1. The van der Waals surface area contributed by atoms with Crippen LogP contribution >= 0.6 is 0 Å². The Bertz CT molecular complexity index is 420. The molecule has 0 radical (unpaired) electrons. The molecule has 0 unspecified atom stereocenters. The van der Waals surface area contributed by atoms with Crippen LogP contribution in [0.4, 0.5) is 0 Å². The lowest BCUT2D eigenvalue weighted by molar-refractivity contribution is 0.0510. The molecule has 0 spiro atoms. The zero-order valence-electron chi connectivity index (χ0n) is 11.2. The molecule has 3 nitrogen and oxygen atoms in total. The standard InChI is InChI=1S/C15H22N2O/c1-11-5-3-6-12(2)17(11)15(18)14-8-4-7-13(9-14)10-16/h4,7-9,11-12H,3,5-6,10,16H2,1-2H3/t11-,12+. The number of benzene rings is 1. The van der Waals surface area contributed by atoms with Gasteiger partial charge in [-0.1, -0.05) is 12.1 Å². The van der Waals surface area contributed by atoms with Crippen LogP contribution in [0.5, 0.6) is 0 Å². The summed E-state index contributed by atoms with van der Waals surface area (Å²) in [7, 11) is 0. The normalized spacial score (nSPS) is 24.1. The number of nitrogens with zero attached hydrogens (tertiary/aromatic N) is 1. The molecule has 0 aromatic heterocycles. The van der Waals surface area contributed by atoms with Gasteiger partial charge in [0.15, 0.2) is 0 Å². The minimum Gasteiger partial charge on any atom is -0.333 e. The van der Waals surface area contributed by atoms with Crippen LogP contribution in [0.2, 0.25) is 0 Å². The molecule has 0 saturated carbocycles. The predicted molar refractivity (Wildman–Crippen MR) is 73.3 cm³/mol. The Kier molecular flexibility index (Phi) is 4.02. The maximum Gasteiger partial charge on any atom is 0.254 e. The molecular weight excluding hydrogens is 224 g/mol. The first-order valence-electron chi connectivity index (χ1n) is 6.75. The van der Waals surface area contributed by atoms with Crippen molar-refractivity contribution in [3.63, 3.8) is 0 Å². The number of hydrogen-bond acceptors (Lipinski definition) is 2. The molecule has 1 saturated heterocycles. The zero-order chi connectivity index (χ0) is 13.1. The smallest absolute Gasteiger partial charge is 0.254 e. The molecule has 18 heavy (non-hydrogen) atoms. The van der Waals surface area contributed by atoms with Gasteiger partial charge in [0, 0.05) is 24.2 Å². The van der Waals surface area contributed by atoms with Crippen molar-refractivity contribution in [2.75, 3.05) is 0 Å². The molecule has 1 aliphatic heterocycles. The van der Waals surface area contributed by atoms with E-state index >= 15 is 0 Å². The average Bonchev–Trinajstić information content (AvgIpc) is 2.38. The lowest BCUT2D eigenvalue weighted by atomic mass is 9.96. The van der Waals surface area contributed by atoms with Crippen molar-refractivity contribution < 1.29 is 4.79 Å². The Morgan fingerprint density at radius 2 is 2.00 bits per heavy atom. The number of carbonyl (C=O) groups is 1. The van der Waals surface area contributed by atoms with Crippen molar-refractivity contribution >= 4 is 5.91 Å². The summed E-state index contributed by atoms with van der Waals surface area (Å²) in [5.41, 5.74) is 7.40. The summed E-state index contributed by atoms with van der Waals surface area (Å²) in [5, 5.41) is 0. The van der Waals surface area contributed by atoms with Gasteiger partial charge in [-0.25, -0.2) is 0 Å². The molecule has 0 bridgehead atoms. The third-order valence-electron chi connectivity index (χ3n) is 3.84. The number of amides is 1. The zero-order valence-corrected chi connectivity index (χ0v) is 11.2. The number of hydrogen-bond donors (Lipinski definition) is 1. The minimum atomic E-state index is 0.144. The van der Waals surface area contributed by atoms with E-state index < -0.39 is 0 Å². The number of rotatable bonds is 2. The summed E-state index contributed by atoms with van der Waals surface area (Å²) in [6.07, 6.45) is 3.42. The molecule has 1 heterocycles. The quantitative estimate of drug-likeness (QED) is 0.871. The fraction of sp³-hybridized carbons (Fsp3) is 0.533. The lowest BCUT2D eigenvalue weighted by Crippen LogP contribution is -2.47. The van der Waals surface area contributed by atoms with E-state index in [0.29, 0.717) is 18.6 Å². The van der Waals surface area contributed by atoms with Crippen LogP contribution in [0.3, 0.4) is 0 Å². The molecule has 1 aliphatic rings. The maximum atomic E-state index is 12.6. The Hall–Kier alpha value is -1.35. The van der Waals surface area contributed by atoms with Gasteiger partial charge in [-0.05, 0) is 50.8 Å². The van der Waals surface area contributed by atoms with Crippen LogP contribution in [0, 0.1) is 0 Å². The second-order valence-electron chi connectivity index (χ2n) is 5.25. The average molecular weight is 246 g/mol. The topological polar surface area (TPSA) is 46.3 Å². The maximum absolute atomic E-state index is 12.6. The summed E-state index contributed by atoms with van der Waals surface area (Å²) in [5.74, 6) is 0.144. The van der Waals surface area contributed by atoms with E-state index in [0.717, 1.165) is 24.0 Å². The van der Waals surface area contributed by atoms with Gasteiger partial charge in [-0.2, -0.15) is 0 Å². The molecule has 1 fully saturated rings. The van der Waals surface area contributed by atoms with Gasteiger partial charge < -0.3 is 10.6 Å². The van der Waals surface area contributed by atoms with E-state index in [-0.39, 0.29) is 5.91 Å². The summed E-state index contributed by atoms with van der Waals surface area (Å²) in [6, 6.07) is 8.34. The molecule has 1 aromatic carbocycles. The molecule has 0 aliphatic carbocycles. The Labute approximate surface area is 109 Å². The van der Waals surface area contributed by atoms with E-state index in [9.17, 15) is 4.79 Å². The second-order valence-corrected chi connectivity index (χ2v) is 5.25. The van der Waals surface area contributed by atoms with Crippen LogP contribution in [-0.2, 0) is 6.54 Å². The first-order valence-corrected chi connectivity index (χ1v) is 6.75. The van der Waals surface area contributed by atoms with E-state index in [1.807, 2.05) is 29.2 Å². The summed E-state index contributed by atoms with van der Waals surface area (Å²) < 4.78 is 0. The van der Waals surface area contributed by atoms with Crippen LogP contribution in [0.25, 0.3) is 0 Å². The monoisotopic (exact) mass is 246 g/mol. The van der Waals surface area contributed by atoms with Gasteiger partial charge >= 0.3 is 0 Å². The molecule has 2 atom stereocenters. The van der Waals surface area contributed by atoms with Crippen LogP contribution in [0.1, 0.15) is 49.0 Å². The Morgan fingerprint density at radius 1 is 1.33 bits per heavy atom. The van der Waals surface area contributed by atoms with E-state index in [1.54, 1.807) is 0 Å². The highest BCUT2D eigenvalue weighted by Gasteiger charge is 2.29. The first kappa shape index (κ1) is 13.1. The molecule has 1 amide bonds. The highest BCUT2D eigenvalue weighted by molar-refractivity contribution is 5.94. The van der Waals surface area contributed by atoms with Crippen molar-refractivity contribution in [3.8, 4) is 0 Å². The molecule has 98 valence electrons. The first-order chi connectivity index (χ1) is 8.63. The van der Waals surface area contributed by atoms with Gasteiger partial charge in [0.1, 0.15) is 0 Å². The van der Waals surface area contributed by atoms with Crippen molar-refractivity contribution in [2.24, 2.45) is 5.73 Å². The van der Waals surface area contributed by atoms with Crippen LogP contribution in [0.15, 0.2) is 24.3 Å². The van der Waals surface area contributed by atoms with E-state index in [1.165, 1.54) is 6.42 Å². The molecular formula is C15H22N2O. The number of nitrogens with two attached hydrogens (primary N) is 1. The molecule has 2 rings (SSSR count). The molecule has 1 aromatic rings. The highest BCUT2D eigenvalue weighted by atomic mass is 16.2. The fourth-order valence-electron chi connectivity index (χ4n) is 2.80. The number of carbonyl (C=O) groups excluding carboxylic acids is 1. The van der Waals surface area contributed by atoms with Crippen molar-refractivity contribution in [2.45, 2.75) is 51.7 Å². The summed E-state index contributed by atoms with van der Waals surface area (Å²) in [6.45, 7) is 4.76. The minimum absolute atomic E-state index is 0.144. The number of piperidine rings is 1. The van der Waals surface area contributed by atoms with Gasteiger partial charge in [0.25, 0.3) is 5.91 Å². The van der Waals surface area contributed by atoms with Crippen LogP contribution < -0.4 is 5.73 Å². The van der Waals surface area contributed by atoms with Crippen molar-refractivity contribution in [1.29, 1.82) is 0 Å². The van der Waals surface area contributed by atoms with E-state index in [2.05, 4.69) is 13.8 Å². The summed E-state index contributed by atoms with van der Waals surface area (Å²) in [4.78, 5) is 14.6. The highest BCUT2D eigenvalue weighted by Crippen LogP contribution is 2.24. The van der Waals surface area contributed by atoms with Gasteiger partial charge in [0.2, 0.25) is 0 Å². The molecule has 3 heteroatoms. The number of likely N-dealkylation sites (tertiary alicyclic amines) is 1. The third-order valence-corrected chi connectivity index (χ3v) is 3.84. The lowest BCUT2D eigenvalue weighted by Gasteiger charge is -2.39. The summed E-state index contributed by atoms with van der Waals surface area (Å²) >= 11 is 0. The van der Waals surface area contributed by atoms with Crippen molar-refractivity contribution in [3.05, 3.63) is 35.4 Å². The van der Waals surface area contributed by atoms with Crippen molar-refractivity contribution in [1.82, 2.24) is 4.90 Å². The Morgan fingerprint density at radius 3 is 2.61 bits per heavy atom. The van der Waals surface area contributed by atoms with Gasteiger partial charge in [-0.15, -0.1) is 0 Å². The fourth-order valence-corrected chi connectivity index (χ4v) is 2.80. The van der Waals surface area contributed by atoms with Crippen LogP contribution in [-0.4, -0.2) is 22.9 Å².